The Kier molecular flexibility index (Phi) is 12.8. The van der Waals surface area contributed by atoms with Gasteiger partial charge in [0.2, 0.25) is 17.6 Å². The summed E-state index contributed by atoms with van der Waals surface area (Å²) >= 11 is 0. The Morgan fingerprint density at radius 3 is 2.06 bits per heavy atom. The van der Waals surface area contributed by atoms with Gasteiger partial charge in [-0.05, 0) is 61.7 Å². The predicted octanol–water partition coefficient (Wildman–Crippen LogP) is 3.34. The van der Waals surface area contributed by atoms with E-state index < -0.39 is 70.7 Å². The number of nitrogens with zero attached hydrogens (tertiary/aromatic N) is 1. The van der Waals surface area contributed by atoms with Gasteiger partial charge in [-0.25, -0.2) is 9.59 Å². The molecule has 2 aliphatic rings. The number of ether oxygens (including phenoxy) is 1. The van der Waals surface area contributed by atoms with Crippen molar-refractivity contribution in [2.24, 2.45) is 34.5 Å². The summed E-state index contributed by atoms with van der Waals surface area (Å²) in [5.41, 5.74) is -1.73. The lowest BCUT2D eigenvalue weighted by molar-refractivity contribution is -0.158. The molecular weight excluding hydrogens is 602 g/mol. The van der Waals surface area contributed by atoms with Gasteiger partial charge in [0.25, 0.3) is 5.91 Å². The number of likely N-dealkylation sites (tertiary alicyclic amines) is 1. The van der Waals surface area contributed by atoms with E-state index in [4.69, 9.17) is 4.74 Å². The van der Waals surface area contributed by atoms with E-state index in [0.717, 1.165) is 6.42 Å². The van der Waals surface area contributed by atoms with E-state index in [-0.39, 0.29) is 42.1 Å². The number of carbonyl (C=O) groups excluding carboxylic acids is 6. The quantitative estimate of drug-likeness (QED) is 0.126. The third-order valence-electron chi connectivity index (χ3n) is 9.36. The maximum absolute atomic E-state index is 14.3. The minimum atomic E-state index is -1.07. The van der Waals surface area contributed by atoms with E-state index in [2.05, 4.69) is 27.8 Å². The van der Waals surface area contributed by atoms with Crippen LogP contribution in [-0.4, -0.2) is 83.3 Å². The molecule has 2 unspecified atom stereocenters. The van der Waals surface area contributed by atoms with Gasteiger partial charge in [-0.15, -0.1) is 6.58 Å². The highest BCUT2D eigenvalue weighted by Crippen LogP contribution is 2.65. The number of ketones is 1. The van der Waals surface area contributed by atoms with Crippen molar-refractivity contribution in [3.63, 3.8) is 0 Å². The summed E-state index contributed by atoms with van der Waals surface area (Å²) in [6, 6.07) is -4.67. The zero-order chi connectivity index (χ0) is 36.2. The fraction of sp³-hybridized carbons (Fsp3) is 0.771. The lowest BCUT2D eigenvalue weighted by Crippen LogP contribution is -2.62. The molecule has 12 nitrogen and oxygen atoms in total. The molecule has 7 atom stereocenters. The van der Waals surface area contributed by atoms with Crippen LogP contribution in [0.5, 0.6) is 0 Å². The molecule has 2 rings (SSSR count). The van der Waals surface area contributed by atoms with Crippen molar-refractivity contribution in [2.75, 3.05) is 13.1 Å². The first-order valence-corrected chi connectivity index (χ1v) is 16.8. The zero-order valence-electron chi connectivity index (χ0n) is 30.5. The van der Waals surface area contributed by atoms with Crippen LogP contribution in [0.4, 0.5) is 4.79 Å². The van der Waals surface area contributed by atoms with Crippen molar-refractivity contribution in [1.82, 2.24) is 26.2 Å². The van der Waals surface area contributed by atoms with Gasteiger partial charge < -0.3 is 30.9 Å². The zero-order valence-corrected chi connectivity index (χ0v) is 30.5. The van der Waals surface area contributed by atoms with Crippen LogP contribution in [0.1, 0.15) is 95.9 Å². The number of fused-ring (bicyclic) bond motifs is 1. The number of rotatable bonds is 14. The largest absolute Gasteiger partial charge is 0.458 e. The maximum Gasteiger partial charge on any atom is 0.329 e. The Hall–Kier alpha value is -3.44. The van der Waals surface area contributed by atoms with Gasteiger partial charge in [0.1, 0.15) is 23.7 Å². The second-order valence-corrected chi connectivity index (χ2v) is 16.2. The van der Waals surface area contributed by atoms with Gasteiger partial charge in [-0.3, -0.25) is 19.2 Å². The average molecular weight is 662 g/mol. The number of carbonyl (C=O) groups is 6. The molecule has 1 saturated heterocycles. The topological polar surface area (TPSA) is 163 Å². The van der Waals surface area contributed by atoms with E-state index in [9.17, 15) is 28.8 Å². The molecule has 0 aromatic heterocycles. The molecule has 0 radical (unpaired) electrons. The second kappa shape index (κ2) is 15.2. The second-order valence-electron chi connectivity index (χ2n) is 16.2. The molecule has 1 saturated carbocycles. The Morgan fingerprint density at radius 2 is 1.57 bits per heavy atom. The molecule has 1 aliphatic heterocycles. The van der Waals surface area contributed by atoms with Crippen LogP contribution < -0.4 is 21.3 Å². The lowest BCUT2D eigenvalue weighted by atomic mass is 9.85. The van der Waals surface area contributed by atoms with Gasteiger partial charge >= 0.3 is 12.0 Å². The number of hydrogen-bond acceptors (Lipinski definition) is 7. The number of nitrogens with one attached hydrogen (secondary N) is 4. The van der Waals surface area contributed by atoms with Crippen LogP contribution in [0.15, 0.2) is 12.7 Å². The van der Waals surface area contributed by atoms with E-state index in [1.165, 1.54) is 11.0 Å². The minimum Gasteiger partial charge on any atom is -0.458 e. The molecule has 266 valence electrons. The number of hydrogen-bond donors (Lipinski definition) is 4. The van der Waals surface area contributed by atoms with E-state index in [1.54, 1.807) is 34.6 Å². The summed E-state index contributed by atoms with van der Waals surface area (Å²) in [7, 11) is 0. The molecule has 5 amide bonds. The normalized spacial score (nSPS) is 22.6. The molecule has 12 heteroatoms. The third-order valence-corrected chi connectivity index (χ3v) is 9.36. The van der Waals surface area contributed by atoms with Gasteiger partial charge in [0, 0.05) is 13.1 Å². The number of amides is 5. The van der Waals surface area contributed by atoms with E-state index in [1.807, 2.05) is 48.5 Å². The first kappa shape index (κ1) is 39.7. The van der Waals surface area contributed by atoms with Crippen LogP contribution in [0, 0.1) is 34.5 Å². The molecule has 0 spiro atoms. The van der Waals surface area contributed by atoms with Gasteiger partial charge in [-0.1, -0.05) is 74.8 Å². The highest BCUT2D eigenvalue weighted by atomic mass is 16.6. The van der Waals surface area contributed by atoms with Crippen molar-refractivity contribution < 1.29 is 33.5 Å². The van der Waals surface area contributed by atoms with Crippen LogP contribution in [0.2, 0.25) is 0 Å². The first-order valence-electron chi connectivity index (χ1n) is 16.8. The molecule has 4 N–H and O–H groups in total. The molecule has 0 aromatic carbocycles. The minimum absolute atomic E-state index is 0.0474. The summed E-state index contributed by atoms with van der Waals surface area (Å²) in [6.07, 6.45) is 2.47. The smallest absolute Gasteiger partial charge is 0.329 e. The summed E-state index contributed by atoms with van der Waals surface area (Å²) in [5.74, 6) is -3.44. The maximum atomic E-state index is 14.3. The summed E-state index contributed by atoms with van der Waals surface area (Å²) in [4.78, 5) is 81.8. The van der Waals surface area contributed by atoms with Crippen LogP contribution in [-0.2, 0) is 28.7 Å². The van der Waals surface area contributed by atoms with Gasteiger partial charge in [0.15, 0.2) is 0 Å². The van der Waals surface area contributed by atoms with Gasteiger partial charge in [0.05, 0.1) is 6.04 Å². The molecular formula is C35H59N5O7. The van der Waals surface area contributed by atoms with Gasteiger partial charge in [-0.2, -0.15) is 0 Å². The number of esters is 1. The monoisotopic (exact) mass is 661 g/mol. The van der Waals surface area contributed by atoms with Crippen LogP contribution in [0.25, 0.3) is 0 Å². The van der Waals surface area contributed by atoms with Crippen molar-refractivity contribution in [3.8, 4) is 0 Å². The predicted molar refractivity (Wildman–Crippen MR) is 180 cm³/mol. The molecule has 1 heterocycles. The number of urea groups is 1. The van der Waals surface area contributed by atoms with Crippen LogP contribution >= 0.6 is 0 Å². The van der Waals surface area contributed by atoms with Crippen molar-refractivity contribution >= 4 is 35.5 Å². The fourth-order valence-corrected chi connectivity index (χ4v) is 6.27. The fourth-order valence-electron chi connectivity index (χ4n) is 6.27. The lowest BCUT2D eigenvalue weighted by Gasteiger charge is -2.38. The Balaban J connectivity index is 2.35. The summed E-state index contributed by atoms with van der Waals surface area (Å²) in [5, 5.41) is 10.8. The Morgan fingerprint density at radius 1 is 0.979 bits per heavy atom. The average Bonchev–Trinajstić information content (AvgIpc) is 3.26. The highest BCUT2D eigenvalue weighted by molar-refractivity contribution is 6.38. The Labute approximate surface area is 280 Å². The molecule has 0 bridgehead atoms. The summed E-state index contributed by atoms with van der Waals surface area (Å²) < 4.78 is 5.50. The Bertz CT molecular complexity index is 1220. The van der Waals surface area contributed by atoms with Crippen molar-refractivity contribution in [3.05, 3.63) is 12.7 Å². The standard InChI is InChI=1S/C35H59N5O7/c1-14-16-36-29(43)26(41)22(17-20(5)15-2)37-28(42)25-23-21(35(23,12)13)18-40(25)30(44)27(33(6,7)8)39-32(46)38-24(19(3)4)31(45)47-34(9,10)11/h14,19-25,27H,1,15-18H2,2-13H3,(H,36,43)(H,37,42)(H2,38,39,46)/t20?,21-,22?,23-,24-,25-,27+/m0/s1. The first-order chi connectivity index (χ1) is 21.5. The van der Waals surface area contributed by atoms with Crippen molar-refractivity contribution in [2.45, 2.75) is 126 Å². The summed E-state index contributed by atoms with van der Waals surface area (Å²) in [6.45, 7) is 26.2. The number of Topliss-reactive ketones (excluding diaryl/α,β-unsaturated/α-hetero) is 1. The van der Waals surface area contributed by atoms with E-state index in [0.29, 0.717) is 6.54 Å². The molecule has 1 aliphatic carbocycles. The molecule has 0 aromatic rings. The molecule has 47 heavy (non-hydrogen) atoms. The van der Waals surface area contributed by atoms with Crippen molar-refractivity contribution in [1.29, 1.82) is 0 Å². The highest BCUT2D eigenvalue weighted by Gasteiger charge is 2.70. The molecule has 2 fully saturated rings. The van der Waals surface area contributed by atoms with E-state index >= 15 is 0 Å². The van der Waals surface area contributed by atoms with Crippen LogP contribution in [0.3, 0.4) is 0 Å². The number of piperidine rings is 1. The third kappa shape index (κ3) is 10.0. The SMILES string of the molecule is C=CCNC(=O)C(=O)C(CC(C)CC)NC(=O)[C@@H]1[C@@H]2[C@H](CN1C(=O)[C@@H](NC(=O)N[C@H](C(=O)OC(C)(C)C)C(C)C)C(C)(C)C)C2(C)C.